The van der Waals surface area contributed by atoms with Crippen LogP contribution in [0.25, 0.3) is 82.4 Å². The highest BCUT2D eigenvalue weighted by Gasteiger charge is 2.17. The van der Waals surface area contributed by atoms with E-state index < -0.39 is 0 Å². The van der Waals surface area contributed by atoms with Crippen LogP contribution in [0.2, 0.25) is 0 Å². The van der Waals surface area contributed by atoms with Gasteiger partial charge < -0.3 is 4.57 Å². The molecule has 1 heteroatoms. The van der Waals surface area contributed by atoms with E-state index in [4.69, 9.17) is 0 Å². The molecule has 0 spiro atoms. The molecule has 0 amide bonds. The SMILES string of the molecule is c1ccc(-c2c3ccccc3c(-c3ccccc3)c3cc(-c4ccc(-n5c6ccccc6c6ccccc65)cc4)ccc23)cc1. The van der Waals surface area contributed by atoms with Crippen LogP contribution in [0.5, 0.6) is 0 Å². The smallest absolute Gasteiger partial charge is 0.0541 e. The molecule has 210 valence electrons. The van der Waals surface area contributed by atoms with Crippen molar-refractivity contribution in [1.29, 1.82) is 0 Å². The van der Waals surface area contributed by atoms with Gasteiger partial charge in [0.05, 0.1) is 11.0 Å². The number of aromatic nitrogens is 1. The van der Waals surface area contributed by atoms with Crippen LogP contribution in [-0.4, -0.2) is 4.57 Å². The molecule has 0 radical (unpaired) electrons. The number of para-hydroxylation sites is 2. The maximum Gasteiger partial charge on any atom is 0.0541 e. The Balaban J connectivity index is 1.26. The second kappa shape index (κ2) is 10.4. The van der Waals surface area contributed by atoms with Crippen molar-refractivity contribution in [2.45, 2.75) is 0 Å². The lowest BCUT2D eigenvalue weighted by Crippen LogP contribution is -1.94. The number of fused-ring (bicyclic) bond motifs is 5. The molecule has 0 bridgehead atoms. The molecule has 1 aromatic heterocycles. The molecule has 0 fully saturated rings. The molecule has 0 unspecified atom stereocenters. The van der Waals surface area contributed by atoms with Crippen molar-refractivity contribution >= 4 is 43.4 Å². The largest absolute Gasteiger partial charge is 0.309 e. The Morgan fingerprint density at radius 3 is 1.24 bits per heavy atom. The van der Waals surface area contributed by atoms with Crippen LogP contribution < -0.4 is 0 Å². The van der Waals surface area contributed by atoms with Crippen LogP contribution in [0.4, 0.5) is 0 Å². The number of hydrogen-bond donors (Lipinski definition) is 0. The van der Waals surface area contributed by atoms with E-state index in [1.165, 1.54) is 82.4 Å². The fourth-order valence-corrected chi connectivity index (χ4v) is 7.19. The molecule has 0 N–H and O–H groups in total. The predicted octanol–water partition coefficient (Wildman–Crippen LogP) is 12.1. The highest BCUT2D eigenvalue weighted by atomic mass is 15.0. The molecule has 1 nitrogen and oxygen atoms in total. The summed E-state index contributed by atoms with van der Waals surface area (Å²) in [6.07, 6.45) is 0. The van der Waals surface area contributed by atoms with Gasteiger partial charge in [-0.05, 0) is 85.3 Å². The minimum absolute atomic E-state index is 1.17. The van der Waals surface area contributed by atoms with Crippen molar-refractivity contribution in [1.82, 2.24) is 4.57 Å². The minimum Gasteiger partial charge on any atom is -0.309 e. The van der Waals surface area contributed by atoms with Gasteiger partial charge in [-0.1, -0.05) is 146 Å². The molecule has 8 aromatic carbocycles. The first kappa shape index (κ1) is 25.6. The third-order valence-electron chi connectivity index (χ3n) is 9.19. The predicted molar refractivity (Wildman–Crippen MR) is 192 cm³/mol. The van der Waals surface area contributed by atoms with Gasteiger partial charge >= 0.3 is 0 Å². The Morgan fingerprint density at radius 1 is 0.267 bits per heavy atom. The van der Waals surface area contributed by atoms with E-state index >= 15 is 0 Å². The van der Waals surface area contributed by atoms with Crippen LogP contribution in [0.1, 0.15) is 0 Å². The summed E-state index contributed by atoms with van der Waals surface area (Å²) in [7, 11) is 0. The van der Waals surface area contributed by atoms with Gasteiger partial charge in [-0.25, -0.2) is 0 Å². The second-order valence-corrected chi connectivity index (χ2v) is 11.7. The maximum absolute atomic E-state index is 2.39. The lowest BCUT2D eigenvalue weighted by Gasteiger charge is -2.19. The fourth-order valence-electron chi connectivity index (χ4n) is 7.19. The molecule has 0 aliphatic carbocycles. The van der Waals surface area contributed by atoms with Gasteiger partial charge in [0.25, 0.3) is 0 Å². The highest BCUT2D eigenvalue weighted by molar-refractivity contribution is 6.22. The van der Waals surface area contributed by atoms with Crippen LogP contribution >= 0.6 is 0 Å². The molecule has 1 heterocycles. The standard InChI is InChI=1S/C44H29N/c1-3-13-31(14-4-1)43-37-19-7-8-20-38(37)44(32-15-5-2-6-16-32)40-29-33(25-28-39(40)43)30-23-26-34(27-24-30)45-41-21-11-9-17-35(41)36-18-10-12-22-42(36)45/h1-29H. The zero-order valence-corrected chi connectivity index (χ0v) is 24.7. The Hall–Kier alpha value is -5.92. The Morgan fingerprint density at radius 2 is 0.689 bits per heavy atom. The third kappa shape index (κ3) is 4.09. The number of hydrogen-bond acceptors (Lipinski definition) is 0. The van der Waals surface area contributed by atoms with Crippen molar-refractivity contribution in [3.8, 4) is 39.1 Å². The lowest BCUT2D eigenvalue weighted by molar-refractivity contribution is 1.18. The van der Waals surface area contributed by atoms with E-state index in [1.54, 1.807) is 0 Å². The van der Waals surface area contributed by atoms with Crippen molar-refractivity contribution in [2.24, 2.45) is 0 Å². The van der Waals surface area contributed by atoms with Gasteiger partial charge in [0.15, 0.2) is 0 Å². The average molecular weight is 572 g/mol. The van der Waals surface area contributed by atoms with Gasteiger partial charge in [-0.2, -0.15) is 0 Å². The Bertz CT molecular complexity index is 2450. The van der Waals surface area contributed by atoms with Gasteiger partial charge in [-0.15, -0.1) is 0 Å². The summed E-state index contributed by atoms with van der Waals surface area (Å²) in [5.74, 6) is 0. The van der Waals surface area contributed by atoms with E-state index in [9.17, 15) is 0 Å². The summed E-state index contributed by atoms with van der Waals surface area (Å²) in [6, 6.07) is 63.9. The van der Waals surface area contributed by atoms with Crippen LogP contribution in [0.3, 0.4) is 0 Å². The van der Waals surface area contributed by atoms with Crippen LogP contribution in [-0.2, 0) is 0 Å². The lowest BCUT2D eigenvalue weighted by atomic mass is 9.85. The zero-order chi connectivity index (χ0) is 29.7. The van der Waals surface area contributed by atoms with E-state index in [1.807, 2.05) is 0 Å². The van der Waals surface area contributed by atoms with Crippen molar-refractivity contribution in [2.75, 3.05) is 0 Å². The van der Waals surface area contributed by atoms with E-state index in [0.29, 0.717) is 0 Å². The Kier molecular flexibility index (Phi) is 5.89. The summed E-state index contributed by atoms with van der Waals surface area (Å²) in [5, 5.41) is 7.64. The molecular weight excluding hydrogens is 542 g/mol. The van der Waals surface area contributed by atoms with Crippen LogP contribution in [0.15, 0.2) is 176 Å². The molecular formula is C44H29N. The molecule has 0 saturated heterocycles. The fraction of sp³-hybridized carbons (Fsp3) is 0. The third-order valence-corrected chi connectivity index (χ3v) is 9.19. The molecule has 0 atom stereocenters. The summed E-state index contributed by atoms with van der Waals surface area (Å²) in [6.45, 7) is 0. The van der Waals surface area contributed by atoms with Gasteiger partial charge in [0.1, 0.15) is 0 Å². The Labute approximate surface area is 262 Å². The molecule has 9 aromatic rings. The molecule has 0 aliphatic heterocycles. The maximum atomic E-state index is 2.39. The number of benzene rings is 8. The first-order valence-corrected chi connectivity index (χ1v) is 15.5. The van der Waals surface area contributed by atoms with Crippen molar-refractivity contribution in [3.05, 3.63) is 176 Å². The first-order valence-electron chi connectivity index (χ1n) is 15.5. The van der Waals surface area contributed by atoms with Crippen LogP contribution in [0, 0.1) is 0 Å². The first-order chi connectivity index (χ1) is 22.3. The molecule has 0 aliphatic rings. The topological polar surface area (TPSA) is 4.93 Å². The number of rotatable bonds is 4. The second-order valence-electron chi connectivity index (χ2n) is 11.7. The normalized spacial score (nSPS) is 11.6. The van der Waals surface area contributed by atoms with E-state index in [-0.39, 0.29) is 0 Å². The summed E-state index contributed by atoms with van der Waals surface area (Å²) in [5.41, 5.74) is 11.1. The molecule has 9 rings (SSSR count). The average Bonchev–Trinajstić information content (AvgIpc) is 3.45. The highest BCUT2D eigenvalue weighted by Crippen LogP contribution is 2.44. The van der Waals surface area contributed by atoms with Gasteiger partial charge in [0.2, 0.25) is 0 Å². The van der Waals surface area contributed by atoms with Gasteiger partial charge in [0, 0.05) is 16.5 Å². The summed E-state index contributed by atoms with van der Waals surface area (Å²) in [4.78, 5) is 0. The number of nitrogens with zero attached hydrogens (tertiary/aromatic N) is 1. The van der Waals surface area contributed by atoms with Crippen molar-refractivity contribution in [3.63, 3.8) is 0 Å². The monoisotopic (exact) mass is 571 g/mol. The zero-order valence-electron chi connectivity index (χ0n) is 24.7. The minimum atomic E-state index is 1.17. The van der Waals surface area contributed by atoms with Gasteiger partial charge in [-0.3, -0.25) is 0 Å². The van der Waals surface area contributed by atoms with E-state index in [2.05, 4.69) is 180 Å². The van der Waals surface area contributed by atoms with Crippen molar-refractivity contribution < 1.29 is 0 Å². The summed E-state index contributed by atoms with van der Waals surface area (Å²) >= 11 is 0. The quantitative estimate of drug-likeness (QED) is 0.185. The summed E-state index contributed by atoms with van der Waals surface area (Å²) < 4.78 is 2.38. The molecule has 0 saturated carbocycles. The van der Waals surface area contributed by atoms with E-state index in [0.717, 1.165) is 0 Å². The molecule has 45 heavy (non-hydrogen) atoms.